The molecule has 0 unspecified atom stereocenters. The molecule has 0 aliphatic heterocycles. The van der Waals surface area contributed by atoms with Crippen molar-refractivity contribution in [1.29, 1.82) is 0 Å². The normalized spacial score (nSPS) is 11.6. The molecule has 1 heterocycles. The highest BCUT2D eigenvalue weighted by molar-refractivity contribution is 5.91. The highest BCUT2D eigenvalue weighted by atomic mass is 16.3. The van der Waals surface area contributed by atoms with Gasteiger partial charge in [-0.05, 0) is 34.8 Å². The Morgan fingerprint density at radius 3 is 2.44 bits per heavy atom. The lowest BCUT2D eigenvalue weighted by Crippen LogP contribution is -2.31. The van der Waals surface area contributed by atoms with Crippen molar-refractivity contribution >= 4 is 17.9 Å². The number of carbonyl (C=O) groups is 2. The highest BCUT2D eigenvalue weighted by Crippen LogP contribution is 2.22. The summed E-state index contributed by atoms with van der Waals surface area (Å²) in [5.74, 6) is 0.350. The minimum absolute atomic E-state index is 0.00906. The number of carbonyl (C=O) groups excluding carboxylic acids is 2. The Hall–Kier alpha value is -2.82. The summed E-state index contributed by atoms with van der Waals surface area (Å²) in [5, 5.41) is 2.70. The molecule has 2 amide bonds. The molecule has 0 aliphatic carbocycles. The summed E-state index contributed by atoms with van der Waals surface area (Å²) < 4.78 is 5.11. The van der Waals surface area contributed by atoms with Crippen molar-refractivity contribution in [2.45, 2.75) is 39.2 Å². The lowest BCUT2D eigenvalue weighted by molar-refractivity contribution is -0.130. The fraction of sp³-hybridized carbons (Fsp3) is 0.364. The monoisotopic (exact) mass is 368 g/mol. The minimum Gasteiger partial charge on any atom is -0.465 e. The van der Waals surface area contributed by atoms with Gasteiger partial charge in [0.1, 0.15) is 5.76 Å². The molecule has 144 valence electrons. The quantitative estimate of drug-likeness (QED) is 0.757. The Balaban J connectivity index is 1.74. The van der Waals surface area contributed by atoms with Crippen LogP contribution in [0, 0.1) is 0 Å². The van der Waals surface area contributed by atoms with Crippen LogP contribution in [0.2, 0.25) is 0 Å². The van der Waals surface area contributed by atoms with E-state index in [1.54, 1.807) is 36.4 Å². The van der Waals surface area contributed by atoms with Gasteiger partial charge in [-0.25, -0.2) is 0 Å². The number of hydrogen-bond acceptors (Lipinski definition) is 3. The molecule has 0 aliphatic rings. The van der Waals surface area contributed by atoms with E-state index in [1.807, 2.05) is 0 Å². The highest BCUT2D eigenvalue weighted by Gasteiger charge is 2.14. The lowest BCUT2D eigenvalue weighted by atomic mass is 9.87. The maximum absolute atomic E-state index is 12.2. The van der Waals surface area contributed by atoms with Crippen molar-refractivity contribution < 1.29 is 14.0 Å². The molecule has 0 fully saturated rings. The topological polar surface area (TPSA) is 62.6 Å². The van der Waals surface area contributed by atoms with Gasteiger partial charge in [0.25, 0.3) is 0 Å². The Bertz CT molecular complexity index is 769. The second-order valence-electron chi connectivity index (χ2n) is 7.59. The second kappa shape index (κ2) is 9.21. The van der Waals surface area contributed by atoms with Crippen LogP contribution in [0.1, 0.15) is 44.1 Å². The SMILES string of the molecule is CN(Cc1ccc(C(C)(C)C)cc1)C(=O)CCNC(=O)/C=C/c1ccco1. The summed E-state index contributed by atoms with van der Waals surface area (Å²) in [7, 11) is 1.78. The van der Waals surface area contributed by atoms with Crippen LogP contribution in [-0.2, 0) is 21.5 Å². The van der Waals surface area contributed by atoms with E-state index < -0.39 is 0 Å². The molecule has 0 bridgehead atoms. The molecule has 1 aromatic heterocycles. The molecule has 0 saturated carbocycles. The van der Waals surface area contributed by atoms with Crippen LogP contribution >= 0.6 is 0 Å². The van der Waals surface area contributed by atoms with E-state index in [0.29, 0.717) is 18.8 Å². The number of nitrogens with one attached hydrogen (secondary N) is 1. The van der Waals surface area contributed by atoms with Gasteiger partial charge in [-0.3, -0.25) is 9.59 Å². The van der Waals surface area contributed by atoms with Crippen LogP contribution in [-0.4, -0.2) is 30.3 Å². The van der Waals surface area contributed by atoms with Crippen molar-refractivity contribution in [3.8, 4) is 0 Å². The molecular weight excluding hydrogens is 340 g/mol. The molecule has 2 rings (SSSR count). The molecule has 1 N–H and O–H groups in total. The zero-order valence-electron chi connectivity index (χ0n) is 16.5. The van der Waals surface area contributed by atoms with E-state index in [2.05, 4.69) is 50.4 Å². The summed E-state index contributed by atoms with van der Waals surface area (Å²) in [4.78, 5) is 25.6. The summed E-state index contributed by atoms with van der Waals surface area (Å²) in [5.41, 5.74) is 2.47. The lowest BCUT2D eigenvalue weighted by Gasteiger charge is -2.21. The van der Waals surface area contributed by atoms with Gasteiger partial charge < -0.3 is 14.6 Å². The third-order valence-corrected chi connectivity index (χ3v) is 4.25. The third kappa shape index (κ3) is 6.77. The van der Waals surface area contributed by atoms with Gasteiger partial charge in [0.15, 0.2) is 0 Å². The number of amides is 2. The van der Waals surface area contributed by atoms with E-state index in [0.717, 1.165) is 5.56 Å². The molecule has 0 saturated heterocycles. The number of hydrogen-bond donors (Lipinski definition) is 1. The zero-order chi connectivity index (χ0) is 19.9. The zero-order valence-corrected chi connectivity index (χ0v) is 16.5. The van der Waals surface area contributed by atoms with Gasteiger partial charge in [0, 0.05) is 32.6 Å². The fourth-order valence-corrected chi connectivity index (χ4v) is 2.56. The van der Waals surface area contributed by atoms with Gasteiger partial charge in [-0.2, -0.15) is 0 Å². The van der Waals surface area contributed by atoms with Gasteiger partial charge in [0.2, 0.25) is 11.8 Å². The summed E-state index contributed by atoms with van der Waals surface area (Å²) in [6.45, 7) is 7.38. The maximum atomic E-state index is 12.2. The average molecular weight is 368 g/mol. The van der Waals surface area contributed by atoms with Crippen LogP contribution in [0.4, 0.5) is 0 Å². The number of benzene rings is 1. The smallest absolute Gasteiger partial charge is 0.244 e. The molecule has 2 aromatic rings. The van der Waals surface area contributed by atoms with Gasteiger partial charge in [0.05, 0.1) is 6.26 Å². The number of rotatable bonds is 7. The van der Waals surface area contributed by atoms with E-state index in [9.17, 15) is 9.59 Å². The first kappa shape index (κ1) is 20.5. The van der Waals surface area contributed by atoms with Crippen LogP contribution < -0.4 is 5.32 Å². The first-order chi connectivity index (χ1) is 12.8. The third-order valence-electron chi connectivity index (χ3n) is 4.25. The van der Waals surface area contributed by atoms with Crippen molar-refractivity contribution in [1.82, 2.24) is 10.2 Å². The molecule has 27 heavy (non-hydrogen) atoms. The summed E-state index contributed by atoms with van der Waals surface area (Å²) >= 11 is 0. The molecule has 5 nitrogen and oxygen atoms in total. The molecule has 5 heteroatoms. The molecule has 1 aromatic carbocycles. The van der Waals surface area contributed by atoms with E-state index >= 15 is 0 Å². The van der Waals surface area contributed by atoms with E-state index in [4.69, 9.17) is 4.42 Å². The first-order valence-electron chi connectivity index (χ1n) is 9.08. The van der Waals surface area contributed by atoms with Crippen molar-refractivity contribution in [3.05, 3.63) is 65.6 Å². The predicted molar refractivity (Wildman–Crippen MR) is 107 cm³/mol. The number of nitrogens with zero attached hydrogens (tertiary/aromatic N) is 1. The largest absolute Gasteiger partial charge is 0.465 e. The predicted octanol–water partition coefficient (Wildman–Crippen LogP) is 3.76. The summed E-state index contributed by atoms with van der Waals surface area (Å²) in [6, 6.07) is 11.9. The van der Waals surface area contributed by atoms with Gasteiger partial charge in [-0.15, -0.1) is 0 Å². The standard InChI is InChI=1S/C22H28N2O3/c1-22(2,3)18-9-7-17(8-10-18)16-24(4)21(26)13-14-23-20(25)12-11-19-6-5-15-27-19/h5-12,15H,13-14,16H2,1-4H3,(H,23,25)/b12-11+. The van der Waals surface area contributed by atoms with E-state index in [-0.39, 0.29) is 23.7 Å². The Morgan fingerprint density at radius 2 is 1.85 bits per heavy atom. The minimum atomic E-state index is -0.250. The molecule has 0 spiro atoms. The van der Waals surface area contributed by atoms with Crippen molar-refractivity contribution in [2.75, 3.05) is 13.6 Å². The first-order valence-corrected chi connectivity index (χ1v) is 9.08. The summed E-state index contributed by atoms with van der Waals surface area (Å²) in [6.07, 6.45) is 4.79. The maximum Gasteiger partial charge on any atom is 0.244 e. The molecular formula is C22H28N2O3. The van der Waals surface area contributed by atoms with Gasteiger partial charge in [-0.1, -0.05) is 45.0 Å². The van der Waals surface area contributed by atoms with Crippen molar-refractivity contribution in [3.63, 3.8) is 0 Å². The van der Waals surface area contributed by atoms with Crippen molar-refractivity contribution in [2.24, 2.45) is 0 Å². The van der Waals surface area contributed by atoms with Gasteiger partial charge >= 0.3 is 0 Å². The molecule has 0 atom stereocenters. The van der Waals surface area contributed by atoms with Crippen LogP contribution in [0.3, 0.4) is 0 Å². The van der Waals surface area contributed by atoms with E-state index in [1.165, 1.54) is 11.6 Å². The molecule has 0 radical (unpaired) electrons. The average Bonchev–Trinajstić information content (AvgIpc) is 3.13. The Labute approximate surface area is 161 Å². The second-order valence-corrected chi connectivity index (χ2v) is 7.59. The Morgan fingerprint density at radius 1 is 1.15 bits per heavy atom. The van der Waals surface area contributed by atoms with Crippen LogP contribution in [0.15, 0.2) is 53.2 Å². The van der Waals surface area contributed by atoms with Crippen LogP contribution in [0.25, 0.3) is 6.08 Å². The number of furan rings is 1. The van der Waals surface area contributed by atoms with Crippen LogP contribution in [0.5, 0.6) is 0 Å². The fourth-order valence-electron chi connectivity index (χ4n) is 2.56. The Kier molecular flexibility index (Phi) is 6.99.